The number of benzene rings is 6. The van der Waals surface area contributed by atoms with Crippen LogP contribution in [0.4, 0.5) is 0 Å². The Kier molecular flexibility index (Phi) is 4.46. The molecular formula is C44H25N5O2+2. The lowest BCUT2D eigenvalue weighted by atomic mass is 9.85. The highest BCUT2D eigenvalue weighted by Crippen LogP contribution is 2.55. The molecule has 0 aliphatic carbocycles. The molecule has 236 valence electrons. The average Bonchev–Trinajstić information content (AvgIpc) is 3.92. The third-order valence-electron chi connectivity index (χ3n) is 11.2. The maximum atomic E-state index is 6.86. The van der Waals surface area contributed by atoms with Gasteiger partial charge in [-0.1, -0.05) is 77.5 Å². The number of rotatable bonds is 2. The molecule has 0 radical (unpaired) electrons. The van der Waals surface area contributed by atoms with Crippen molar-refractivity contribution in [2.45, 2.75) is 5.66 Å². The van der Waals surface area contributed by atoms with Crippen LogP contribution in [-0.2, 0) is 5.66 Å². The van der Waals surface area contributed by atoms with Crippen LogP contribution in [0.5, 0.6) is 11.5 Å². The van der Waals surface area contributed by atoms with Gasteiger partial charge in [-0.25, -0.2) is 0 Å². The predicted octanol–water partition coefficient (Wildman–Crippen LogP) is 8.81. The molecule has 1 atom stereocenters. The van der Waals surface area contributed by atoms with Crippen molar-refractivity contribution in [3.63, 3.8) is 0 Å². The largest absolute Gasteiger partial charge is 0.456 e. The Balaban J connectivity index is 1.23. The molecular weight excluding hydrogens is 631 g/mol. The van der Waals surface area contributed by atoms with Crippen LogP contribution in [0, 0.1) is 0 Å². The molecule has 1 unspecified atom stereocenters. The van der Waals surface area contributed by atoms with E-state index in [4.69, 9.17) is 14.3 Å². The molecule has 6 aromatic carbocycles. The maximum absolute atomic E-state index is 6.86. The first kappa shape index (κ1) is 26.0. The number of fused-ring (bicyclic) bond motifs is 9. The summed E-state index contributed by atoms with van der Waals surface area (Å²) in [5.41, 5.74) is 11.4. The van der Waals surface area contributed by atoms with Gasteiger partial charge in [-0.2, -0.15) is 9.13 Å². The summed E-state index contributed by atoms with van der Waals surface area (Å²) in [7, 11) is 0. The monoisotopic (exact) mass is 655 g/mol. The van der Waals surface area contributed by atoms with Crippen molar-refractivity contribution in [2.75, 3.05) is 0 Å². The molecule has 10 aromatic rings. The summed E-state index contributed by atoms with van der Waals surface area (Å²) in [6, 6.07) is 51.2. The highest BCUT2D eigenvalue weighted by atomic mass is 16.5. The Bertz CT molecular complexity index is 3190. The highest BCUT2D eigenvalue weighted by Gasteiger charge is 2.71. The zero-order valence-electron chi connectivity index (χ0n) is 27.0. The van der Waals surface area contributed by atoms with Crippen molar-refractivity contribution in [3.05, 3.63) is 163 Å². The Morgan fingerprint density at radius 2 is 1.29 bits per heavy atom. The molecule has 51 heavy (non-hydrogen) atoms. The van der Waals surface area contributed by atoms with Crippen molar-refractivity contribution in [3.8, 4) is 45.4 Å². The van der Waals surface area contributed by atoms with Crippen LogP contribution in [0.1, 0.15) is 11.1 Å². The normalized spacial score (nSPS) is 16.1. The first-order valence-corrected chi connectivity index (χ1v) is 17.2. The minimum atomic E-state index is -0.881. The number of para-hydroxylation sites is 2. The van der Waals surface area contributed by atoms with E-state index < -0.39 is 5.66 Å². The van der Waals surface area contributed by atoms with Crippen LogP contribution >= 0.6 is 0 Å². The fraction of sp³-hybridized carbons (Fsp3) is 0.0227. The van der Waals surface area contributed by atoms with Crippen molar-refractivity contribution >= 4 is 43.9 Å². The number of hydrogen-bond acceptors (Lipinski definition) is 3. The molecule has 13 rings (SSSR count). The molecule has 4 aromatic heterocycles. The molecule has 0 saturated carbocycles. The topological polar surface area (TPSA) is 52.9 Å². The lowest BCUT2D eigenvalue weighted by Gasteiger charge is -2.31. The molecule has 0 amide bonds. The molecule has 0 fully saturated rings. The van der Waals surface area contributed by atoms with Crippen LogP contribution in [0.3, 0.4) is 0 Å². The first-order chi connectivity index (χ1) is 25.3. The lowest BCUT2D eigenvalue weighted by Crippen LogP contribution is -2.77. The van der Waals surface area contributed by atoms with Gasteiger partial charge in [0.1, 0.15) is 39.6 Å². The zero-order chi connectivity index (χ0) is 33.0. The molecule has 7 heterocycles. The number of hydrogen-bond donors (Lipinski definition) is 0. The standard InChI is InChI=1S/C44H25N5O2/c1-2-11-26(12-3-1)42-41(27-22-23-36-31(25-27)29-14-5-7-19-35(29)50-36)45-49-44-39-33(17-8-20-37(39)51-38-21-9-18-34(40(38)44)48(42)49)47-32-16-6-4-13-28(32)30-15-10-24-46(44)43(30)47/h1-25H/q+2. The molecule has 0 bridgehead atoms. The fourth-order valence-electron chi connectivity index (χ4n) is 9.25. The fourth-order valence-corrected chi connectivity index (χ4v) is 9.25. The van der Waals surface area contributed by atoms with Gasteiger partial charge in [0.2, 0.25) is 0 Å². The Hall–Kier alpha value is -6.99. The van der Waals surface area contributed by atoms with E-state index in [-0.39, 0.29) is 0 Å². The summed E-state index contributed by atoms with van der Waals surface area (Å²) in [6.07, 6.45) is 2.21. The Morgan fingerprint density at radius 3 is 2.18 bits per heavy atom. The predicted molar refractivity (Wildman–Crippen MR) is 195 cm³/mol. The van der Waals surface area contributed by atoms with E-state index in [1.165, 1.54) is 10.8 Å². The molecule has 7 nitrogen and oxygen atoms in total. The van der Waals surface area contributed by atoms with Crippen LogP contribution in [0.15, 0.2) is 156 Å². The molecule has 3 aliphatic heterocycles. The molecule has 1 spiro atoms. The number of furan rings is 1. The van der Waals surface area contributed by atoms with Crippen LogP contribution in [0.25, 0.3) is 77.8 Å². The minimum absolute atomic E-state index is 0.822. The highest BCUT2D eigenvalue weighted by molar-refractivity contribution is 6.08. The van der Waals surface area contributed by atoms with Gasteiger partial charge in [-0.05, 0) is 72.8 Å². The van der Waals surface area contributed by atoms with E-state index >= 15 is 0 Å². The van der Waals surface area contributed by atoms with Gasteiger partial charge in [0.05, 0.1) is 16.4 Å². The van der Waals surface area contributed by atoms with Gasteiger partial charge in [0.15, 0.2) is 22.5 Å². The Morgan fingerprint density at radius 1 is 0.569 bits per heavy atom. The van der Waals surface area contributed by atoms with Crippen molar-refractivity contribution in [1.82, 2.24) is 14.3 Å². The maximum Gasteiger partial charge on any atom is 0.423 e. The first-order valence-electron chi connectivity index (χ1n) is 17.2. The average molecular weight is 656 g/mol. The minimum Gasteiger partial charge on any atom is -0.456 e. The van der Waals surface area contributed by atoms with Crippen molar-refractivity contribution in [2.24, 2.45) is 0 Å². The second-order valence-corrected chi connectivity index (χ2v) is 13.6. The van der Waals surface area contributed by atoms with Gasteiger partial charge in [-0.3, -0.25) is 0 Å². The summed E-state index contributed by atoms with van der Waals surface area (Å²) in [6.45, 7) is 0. The quantitative estimate of drug-likeness (QED) is 0.175. The summed E-state index contributed by atoms with van der Waals surface area (Å²) < 4.78 is 20.3. The number of pyridine rings is 1. The Labute approximate surface area is 290 Å². The smallest absolute Gasteiger partial charge is 0.423 e. The van der Waals surface area contributed by atoms with E-state index in [2.05, 4.69) is 158 Å². The zero-order valence-corrected chi connectivity index (χ0v) is 27.0. The van der Waals surface area contributed by atoms with Crippen molar-refractivity contribution < 1.29 is 18.5 Å². The van der Waals surface area contributed by atoms with Crippen LogP contribution in [-0.4, -0.2) is 14.3 Å². The second-order valence-electron chi connectivity index (χ2n) is 13.6. The van der Waals surface area contributed by atoms with Gasteiger partial charge in [0, 0.05) is 32.4 Å². The van der Waals surface area contributed by atoms with Crippen molar-refractivity contribution in [1.29, 1.82) is 0 Å². The third kappa shape index (κ3) is 2.90. The summed E-state index contributed by atoms with van der Waals surface area (Å²) in [4.78, 5) is 2.22. The summed E-state index contributed by atoms with van der Waals surface area (Å²) >= 11 is 0. The van der Waals surface area contributed by atoms with Gasteiger partial charge in [-0.15, -0.1) is 0 Å². The SMILES string of the molecule is c1ccc(-c2c(-c3ccc4oc5ccccc5c4c3)n[n+]3n2-c2cccc4c2C32c3c(cccc3-n3c5ccccc5c5ccc[n+]2c53)O4)cc1. The molecule has 7 heteroatoms. The summed E-state index contributed by atoms with van der Waals surface area (Å²) in [5.74, 6) is 1.65. The number of aromatic nitrogens is 5. The van der Waals surface area contributed by atoms with Crippen LogP contribution < -0.4 is 14.1 Å². The van der Waals surface area contributed by atoms with Crippen LogP contribution in [0.2, 0.25) is 0 Å². The van der Waals surface area contributed by atoms with E-state index in [9.17, 15) is 0 Å². The molecule has 0 saturated heterocycles. The summed E-state index contributed by atoms with van der Waals surface area (Å²) in [5, 5.41) is 10.3. The van der Waals surface area contributed by atoms with E-state index in [1.807, 2.05) is 12.1 Å². The van der Waals surface area contributed by atoms with Gasteiger partial charge >= 0.3 is 11.3 Å². The van der Waals surface area contributed by atoms with E-state index in [1.54, 1.807) is 0 Å². The molecule has 3 aliphatic rings. The van der Waals surface area contributed by atoms with Gasteiger partial charge < -0.3 is 9.15 Å². The second kappa shape index (κ2) is 8.77. The molecule has 0 N–H and O–H groups in total. The van der Waals surface area contributed by atoms with E-state index in [0.29, 0.717) is 0 Å². The van der Waals surface area contributed by atoms with E-state index in [0.717, 1.165) is 89.6 Å². The number of ether oxygens (including phenoxy) is 1. The number of nitrogens with zero attached hydrogens (tertiary/aromatic N) is 5. The lowest BCUT2D eigenvalue weighted by molar-refractivity contribution is -1.01. The van der Waals surface area contributed by atoms with Gasteiger partial charge in [0.25, 0.3) is 0 Å². The third-order valence-corrected chi connectivity index (χ3v) is 11.2.